The van der Waals surface area contributed by atoms with Crippen molar-refractivity contribution in [3.8, 4) is 5.69 Å². The average molecular weight is 399 g/mol. The summed E-state index contributed by atoms with van der Waals surface area (Å²) in [5.74, 6) is 0.923. The first-order chi connectivity index (χ1) is 13.6. The summed E-state index contributed by atoms with van der Waals surface area (Å²) >= 11 is 1.67. The van der Waals surface area contributed by atoms with Crippen LogP contribution < -0.4 is 0 Å². The van der Waals surface area contributed by atoms with E-state index in [1.165, 1.54) is 0 Å². The largest absolute Gasteiger partial charge is 0.343 e. The van der Waals surface area contributed by atoms with Crippen LogP contribution in [0, 0.1) is 13.8 Å². The fourth-order valence-corrected chi connectivity index (χ4v) is 5.52. The van der Waals surface area contributed by atoms with Crippen molar-refractivity contribution in [2.24, 2.45) is 0 Å². The van der Waals surface area contributed by atoms with Gasteiger partial charge in [0.05, 0.1) is 17.1 Å². The van der Waals surface area contributed by atoms with Crippen LogP contribution in [-0.4, -0.2) is 56.8 Å². The van der Waals surface area contributed by atoms with Crippen molar-refractivity contribution < 1.29 is 9.59 Å². The maximum atomic E-state index is 12.5. The minimum Gasteiger partial charge on any atom is -0.343 e. The molecule has 2 saturated heterocycles. The molecule has 2 aromatic rings. The van der Waals surface area contributed by atoms with E-state index in [-0.39, 0.29) is 17.2 Å². The van der Waals surface area contributed by atoms with E-state index in [0.717, 1.165) is 48.6 Å². The molecule has 0 aliphatic carbocycles. The van der Waals surface area contributed by atoms with E-state index in [2.05, 4.69) is 6.92 Å². The van der Waals surface area contributed by atoms with E-state index in [0.29, 0.717) is 18.7 Å². The zero-order valence-electron chi connectivity index (χ0n) is 16.4. The van der Waals surface area contributed by atoms with Crippen molar-refractivity contribution in [2.75, 3.05) is 25.4 Å². The van der Waals surface area contributed by atoms with Crippen molar-refractivity contribution in [1.29, 1.82) is 0 Å². The van der Waals surface area contributed by atoms with Crippen LogP contribution in [0.25, 0.3) is 5.69 Å². The number of aryl methyl sites for hydroxylation is 1. The van der Waals surface area contributed by atoms with E-state index in [1.54, 1.807) is 11.8 Å². The van der Waals surface area contributed by atoms with Crippen molar-refractivity contribution in [2.45, 2.75) is 38.5 Å². The molecule has 148 valence electrons. The number of hydrogen-bond acceptors (Lipinski definition) is 4. The lowest BCUT2D eigenvalue weighted by Gasteiger charge is -2.25. The Labute approximate surface area is 169 Å². The van der Waals surface area contributed by atoms with E-state index < -0.39 is 0 Å². The normalized spacial score (nSPS) is 19.9. The number of thioether (sulfide) groups is 1. The van der Waals surface area contributed by atoms with Gasteiger partial charge in [0.25, 0.3) is 0 Å². The first-order valence-corrected chi connectivity index (χ1v) is 10.9. The molecule has 4 rings (SSSR count). The summed E-state index contributed by atoms with van der Waals surface area (Å²) < 4.78 is 1.97. The van der Waals surface area contributed by atoms with Gasteiger partial charge in [-0.15, -0.1) is 11.8 Å². The van der Waals surface area contributed by atoms with Crippen LogP contribution in [0.3, 0.4) is 0 Å². The molecule has 7 heteroatoms. The lowest BCUT2D eigenvalue weighted by molar-refractivity contribution is -0.128. The number of amides is 2. The summed E-state index contributed by atoms with van der Waals surface area (Å²) in [6, 6.07) is 10.1. The Kier molecular flexibility index (Phi) is 5.44. The van der Waals surface area contributed by atoms with E-state index in [9.17, 15) is 9.59 Å². The van der Waals surface area contributed by atoms with Crippen molar-refractivity contribution in [1.82, 2.24) is 19.6 Å². The molecule has 0 radical (unpaired) electrons. The number of nitrogens with zero attached hydrogens (tertiary/aromatic N) is 4. The molecule has 0 N–H and O–H groups in total. The molecule has 2 aliphatic rings. The second-order valence-electron chi connectivity index (χ2n) is 7.42. The van der Waals surface area contributed by atoms with Gasteiger partial charge in [0.1, 0.15) is 5.37 Å². The molecule has 2 fully saturated rings. The first kappa shape index (κ1) is 19.1. The van der Waals surface area contributed by atoms with Gasteiger partial charge in [0, 0.05) is 37.3 Å². The van der Waals surface area contributed by atoms with Gasteiger partial charge in [0.2, 0.25) is 11.8 Å². The van der Waals surface area contributed by atoms with Crippen LogP contribution in [0.4, 0.5) is 0 Å². The number of carbonyl (C=O) groups excluding carboxylic acids is 2. The monoisotopic (exact) mass is 398 g/mol. The molecule has 0 spiro atoms. The topological polar surface area (TPSA) is 58.4 Å². The quantitative estimate of drug-likeness (QED) is 0.750. The van der Waals surface area contributed by atoms with Crippen molar-refractivity contribution in [3.05, 3.63) is 47.3 Å². The predicted octanol–water partition coefficient (Wildman–Crippen LogP) is 3.08. The molecular weight excluding hydrogens is 372 g/mol. The zero-order chi connectivity index (χ0) is 19.7. The van der Waals surface area contributed by atoms with E-state index in [1.807, 2.05) is 51.7 Å². The molecule has 6 nitrogen and oxygen atoms in total. The third kappa shape index (κ3) is 3.55. The minimum absolute atomic E-state index is 0.000702. The standard InChI is InChI=1S/C21H26N4O2S/c1-15-20(16(2)25(22-15)17-8-4-3-5-9-17)21-24(19(27)14-28-21)13-7-12-23-11-6-10-18(23)26/h3-5,8-9,21H,6-7,10-14H2,1-2H3. The van der Waals surface area contributed by atoms with Gasteiger partial charge in [0.15, 0.2) is 0 Å². The van der Waals surface area contributed by atoms with Crippen LogP contribution in [0.15, 0.2) is 30.3 Å². The Morgan fingerprint density at radius 1 is 1.11 bits per heavy atom. The maximum Gasteiger partial charge on any atom is 0.233 e. The van der Waals surface area contributed by atoms with E-state index in [4.69, 9.17) is 5.10 Å². The van der Waals surface area contributed by atoms with Gasteiger partial charge in [-0.3, -0.25) is 9.59 Å². The van der Waals surface area contributed by atoms with Crippen molar-refractivity contribution in [3.63, 3.8) is 0 Å². The molecule has 3 heterocycles. The summed E-state index contributed by atoms with van der Waals surface area (Å²) in [5.41, 5.74) is 4.21. The highest BCUT2D eigenvalue weighted by Gasteiger charge is 2.36. The number of hydrogen-bond donors (Lipinski definition) is 0. The Balaban J connectivity index is 1.52. The first-order valence-electron chi connectivity index (χ1n) is 9.86. The van der Waals surface area contributed by atoms with Gasteiger partial charge < -0.3 is 9.80 Å². The molecule has 1 unspecified atom stereocenters. The lowest BCUT2D eigenvalue weighted by atomic mass is 10.1. The molecule has 1 atom stereocenters. The van der Waals surface area contributed by atoms with Crippen LogP contribution in [0.1, 0.15) is 41.6 Å². The fraction of sp³-hybridized carbons (Fsp3) is 0.476. The molecule has 1 aromatic heterocycles. The molecule has 0 saturated carbocycles. The summed E-state index contributed by atoms with van der Waals surface area (Å²) in [7, 11) is 0. The van der Waals surface area contributed by atoms with Crippen LogP contribution in [0.5, 0.6) is 0 Å². The number of aromatic nitrogens is 2. The summed E-state index contributed by atoms with van der Waals surface area (Å²) in [4.78, 5) is 28.2. The Morgan fingerprint density at radius 2 is 1.89 bits per heavy atom. The second-order valence-corrected chi connectivity index (χ2v) is 8.49. The molecule has 1 aromatic carbocycles. The summed E-state index contributed by atoms with van der Waals surface area (Å²) in [5, 5.41) is 4.75. The van der Waals surface area contributed by atoms with Gasteiger partial charge in [-0.25, -0.2) is 4.68 Å². The highest BCUT2D eigenvalue weighted by molar-refractivity contribution is 8.00. The fourth-order valence-electron chi connectivity index (χ4n) is 4.14. The number of benzene rings is 1. The van der Waals surface area contributed by atoms with Gasteiger partial charge in [-0.2, -0.15) is 5.10 Å². The van der Waals surface area contributed by atoms with Crippen LogP contribution in [0.2, 0.25) is 0 Å². The van der Waals surface area contributed by atoms with Gasteiger partial charge >= 0.3 is 0 Å². The molecule has 2 amide bonds. The Hall–Kier alpha value is -2.28. The highest BCUT2D eigenvalue weighted by Crippen LogP contribution is 2.41. The number of para-hydroxylation sites is 1. The lowest BCUT2D eigenvalue weighted by Crippen LogP contribution is -2.33. The van der Waals surface area contributed by atoms with Crippen LogP contribution >= 0.6 is 11.8 Å². The molecular formula is C21H26N4O2S. The third-order valence-electron chi connectivity index (χ3n) is 5.56. The predicted molar refractivity (Wildman–Crippen MR) is 110 cm³/mol. The maximum absolute atomic E-state index is 12.5. The highest BCUT2D eigenvalue weighted by atomic mass is 32.2. The number of likely N-dealkylation sites (tertiary alicyclic amines) is 1. The summed E-state index contributed by atoms with van der Waals surface area (Å²) in [6.45, 7) is 6.36. The van der Waals surface area contributed by atoms with Crippen LogP contribution in [-0.2, 0) is 9.59 Å². The average Bonchev–Trinajstić information content (AvgIpc) is 3.35. The summed E-state index contributed by atoms with van der Waals surface area (Å²) in [6.07, 6.45) is 2.44. The number of rotatable bonds is 6. The Morgan fingerprint density at radius 3 is 2.61 bits per heavy atom. The SMILES string of the molecule is Cc1nn(-c2ccccc2)c(C)c1C1SCC(=O)N1CCCN1CCCC1=O. The minimum atomic E-state index is -0.000702. The molecule has 2 aliphatic heterocycles. The zero-order valence-corrected chi connectivity index (χ0v) is 17.2. The van der Waals surface area contributed by atoms with Gasteiger partial charge in [-0.1, -0.05) is 18.2 Å². The Bertz CT molecular complexity index is 880. The smallest absolute Gasteiger partial charge is 0.233 e. The molecule has 0 bridgehead atoms. The molecule has 28 heavy (non-hydrogen) atoms. The second kappa shape index (κ2) is 7.99. The number of carbonyl (C=O) groups is 2. The third-order valence-corrected chi connectivity index (χ3v) is 6.78. The van der Waals surface area contributed by atoms with Crippen molar-refractivity contribution >= 4 is 23.6 Å². The van der Waals surface area contributed by atoms with Gasteiger partial charge in [-0.05, 0) is 38.8 Å². The van der Waals surface area contributed by atoms with E-state index >= 15 is 0 Å².